The van der Waals surface area contributed by atoms with Gasteiger partial charge in [-0.2, -0.15) is 0 Å². The highest BCUT2D eigenvalue weighted by Gasteiger charge is 2.43. The van der Waals surface area contributed by atoms with E-state index in [2.05, 4.69) is 6.58 Å². The highest BCUT2D eigenvalue weighted by atomic mass is 16.2. The first-order valence-electron chi connectivity index (χ1n) is 4.99. The van der Waals surface area contributed by atoms with E-state index in [-0.39, 0.29) is 17.2 Å². The smallest absolute Gasteiger partial charge is 0.235 e. The first-order valence-corrected chi connectivity index (χ1v) is 4.99. The molecule has 0 aliphatic carbocycles. The van der Waals surface area contributed by atoms with Crippen LogP contribution >= 0.6 is 0 Å². The van der Waals surface area contributed by atoms with E-state index in [9.17, 15) is 9.59 Å². The van der Waals surface area contributed by atoms with Gasteiger partial charge in [0, 0.05) is 13.5 Å². The van der Waals surface area contributed by atoms with Crippen LogP contribution in [0.5, 0.6) is 0 Å². The zero-order valence-electron chi connectivity index (χ0n) is 8.88. The first-order chi connectivity index (χ1) is 6.57. The van der Waals surface area contributed by atoms with Gasteiger partial charge in [0.2, 0.25) is 11.8 Å². The van der Waals surface area contributed by atoms with Gasteiger partial charge in [-0.3, -0.25) is 14.5 Å². The average Bonchev–Trinajstić information content (AvgIpc) is 2.20. The van der Waals surface area contributed by atoms with Crippen LogP contribution in [0.1, 0.15) is 32.6 Å². The molecule has 0 aromatic heterocycles. The summed E-state index contributed by atoms with van der Waals surface area (Å²) in [5.41, 5.74) is -0.371. The summed E-state index contributed by atoms with van der Waals surface area (Å²) in [6, 6.07) is 0. The van der Waals surface area contributed by atoms with Crippen molar-refractivity contribution in [2.75, 3.05) is 7.05 Å². The highest BCUT2D eigenvalue weighted by molar-refractivity contribution is 6.00. The number of amides is 2. The summed E-state index contributed by atoms with van der Waals surface area (Å²) in [6.45, 7) is 5.66. The number of imide groups is 1. The minimum absolute atomic E-state index is 0.0452. The second kappa shape index (κ2) is 3.95. The Labute approximate surface area is 84.8 Å². The van der Waals surface area contributed by atoms with Gasteiger partial charge in [-0.15, -0.1) is 6.58 Å². The number of likely N-dealkylation sites (tertiary alicyclic amines) is 1. The van der Waals surface area contributed by atoms with Gasteiger partial charge in [-0.05, 0) is 19.3 Å². The second-order valence-electron chi connectivity index (χ2n) is 3.88. The molecule has 0 aromatic rings. The maximum absolute atomic E-state index is 11.9. The predicted molar refractivity (Wildman–Crippen MR) is 54.5 cm³/mol. The summed E-state index contributed by atoms with van der Waals surface area (Å²) in [4.78, 5) is 24.5. The Kier molecular flexibility index (Phi) is 3.09. The van der Waals surface area contributed by atoms with Gasteiger partial charge < -0.3 is 0 Å². The fourth-order valence-electron chi connectivity index (χ4n) is 2.03. The summed E-state index contributed by atoms with van der Waals surface area (Å²) in [5, 5.41) is 0. The van der Waals surface area contributed by atoms with Gasteiger partial charge in [0.15, 0.2) is 0 Å². The maximum Gasteiger partial charge on any atom is 0.235 e. The van der Waals surface area contributed by atoms with E-state index in [1.165, 1.54) is 4.90 Å². The van der Waals surface area contributed by atoms with E-state index in [1.54, 1.807) is 13.1 Å². The van der Waals surface area contributed by atoms with Gasteiger partial charge in [-0.1, -0.05) is 13.0 Å². The van der Waals surface area contributed by atoms with Crippen LogP contribution in [-0.4, -0.2) is 23.8 Å². The van der Waals surface area contributed by atoms with Crippen LogP contribution in [-0.2, 0) is 9.59 Å². The molecule has 1 saturated heterocycles. The Morgan fingerprint density at radius 2 is 2.21 bits per heavy atom. The summed E-state index contributed by atoms with van der Waals surface area (Å²) < 4.78 is 0. The Morgan fingerprint density at radius 3 is 2.71 bits per heavy atom. The SMILES string of the molecule is C=CC[C@]1(CC)CCC(=O)N(C)C1=O. The molecule has 1 fully saturated rings. The summed E-state index contributed by atoms with van der Waals surface area (Å²) in [5.74, 6) is -0.112. The number of hydrogen-bond donors (Lipinski definition) is 0. The number of carbonyl (C=O) groups is 2. The van der Waals surface area contributed by atoms with E-state index in [4.69, 9.17) is 0 Å². The molecule has 3 heteroatoms. The van der Waals surface area contributed by atoms with Crippen molar-refractivity contribution in [1.82, 2.24) is 4.90 Å². The monoisotopic (exact) mass is 195 g/mol. The molecule has 0 N–H and O–H groups in total. The van der Waals surface area contributed by atoms with E-state index in [0.29, 0.717) is 19.3 Å². The minimum atomic E-state index is -0.371. The minimum Gasteiger partial charge on any atom is -0.285 e. The van der Waals surface area contributed by atoms with E-state index in [0.717, 1.165) is 6.42 Å². The molecule has 0 spiro atoms. The van der Waals surface area contributed by atoms with Crippen LogP contribution in [0.25, 0.3) is 0 Å². The standard InChI is InChI=1S/C11H17NO2/c1-4-7-11(5-2)8-6-9(13)12(3)10(11)14/h4H,1,5-8H2,2-3H3/t11-/m1/s1. The third-order valence-electron chi connectivity index (χ3n) is 3.16. The lowest BCUT2D eigenvalue weighted by Crippen LogP contribution is -2.49. The van der Waals surface area contributed by atoms with Gasteiger partial charge in [0.1, 0.15) is 0 Å². The molecule has 0 radical (unpaired) electrons. The molecule has 0 unspecified atom stereocenters. The lowest BCUT2D eigenvalue weighted by Gasteiger charge is -2.37. The summed E-state index contributed by atoms with van der Waals surface area (Å²) in [7, 11) is 1.57. The zero-order chi connectivity index (χ0) is 10.8. The topological polar surface area (TPSA) is 37.4 Å². The third-order valence-corrected chi connectivity index (χ3v) is 3.16. The van der Waals surface area contributed by atoms with E-state index >= 15 is 0 Å². The van der Waals surface area contributed by atoms with Crippen LogP contribution in [0.3, 0.4) is 0 Å². The Morgan fingerprint density at radius 1 is 1.57 bits per heavy atom. The normalized spacial score (nSPS) is 28.0. The number of nitrogens with zero attached hydrogens (tertiary/aromatic N) is 1. The number of carbonyl (C=O) groups excluding carboxylic acids is 2. The number of allylic oxidation sites excluding steroid dienone is 1. The van der Waals surface area contributed by atoms with Crippen molar-refractivity contribution >= 4 is 11.8 Å². The van der Waals surface area contributed by atoms with Crippen molar-refractivity contribution in [3.8, 4) is 0 Å². The van der Waals surface area contributed by atoms with Gasteiger partial charge in [0.25, 0.3) is 0 Å². The van der Waals surface area contributed by atoms with Crippen LogP contribution in [0.4, 0.5) is 0 Å². The molecule has 1 rings (SSSR count). The Balaban J connectivity index is 2.92. The van der Waals surface area contributed by atoms with Crippen molar-refractivity contribution in [2.45, 2.75) is 32.6 Å². The maximum atomic E-state index is 11.9. The third kappa shape index (κ3) is 1.59. The number of piperidine rings is 1. The first kappa shape index (κ1) is 11.0. The van der Waals surface area contributed by atoms with E-state index < -0.39 is 0 Å². The predicted octanol–water partition coefficient (Wildman–Crippen LogP) is 1.74. The highest BCUT2D eigenvalue weighted by Crippen LogP contribution is 2.37. The second-order valence-corrected chi connectivity index (χ2v) is 3.88. The Hall–Kier alpha value is -1.12. The molecule has 2 amide bonds. The molecule has 0 bridgehead atoms. The lowest BCUT2D eigenvalue weighted by atomic mass is 9.74. The van der Waals surface area contributed by atoms with Gasteiger partial charge >= 0.3 is 0 Å². The lowest BCUT2D eigenvalue weighted by molar-refractivity contribution is -0.156. The van der Waals surface area contributed by atoms with Gasteiger partial charge in [-0.25, -0.2) is 0 Å². The molecular weight excluding hydrogens is 178 g/mol. The molecule has 1 aliphatic rings. The largest absolute Gasteiger partial charge is 0.285 e. The quantitative estimate of drug-likeness (QED) is 0.508. The fourth-order valence-corrected chi connectivity index (χ4v) is 2.03. The summed E-state index contributed by atoms with van der Waals surface area (Å²) in [6.07, 6.45) is 4.35. The molecule has 0 saturated carbocycles. The van der Waals surface area contributed by atoms with Crippen LogP contribution < -0.4 is 0 Å². The average molecular weight is 195 g/mol. The molecule has 1 aliphatic heterocycles. The molecule has 14 heavy (non-hydrogen) atoms. The van der Waals surface area contributed by atoms with Crippen LogP contribution in [0, 0.1) is 5.41 Å². The zero-order valence-corrected chi connectivity index (χ0v) is 8.88. The fraction of sp³-hybridized carbons (Fsp3) is 0.636. The molecule has 1 heterocycles. The van der Waals surface area contributed by atoms with Crippen molar-refractivity contribution in [1.29, 1.82) is 0 Å². The van der Waals surface area contributed by atoms with Crippen molar-refractivity contribution in [3.05, 3.63) is 12.7 Å². The molecular formula is C11H17NO2. The van der Waals surface area contributed by atoms with Crippen molar-refractivity contribution < 1.29 is 9.59 Å². The molecule has 0 aromatic carbocycles. The molecule has 3 nitrogen and oxygen atoms in total. The molecule has 1 atom stereocenters. The number of hydrogen-bond acceptors (Lipinski definition) is 2. The van der Waals surface area contributed by atoms with Crippen LogP contribution in [0.2, 0.25) is 0 Å². The van der Waals surface area contributed by atoms with Crippen molar-refractivity contribution in [3.63, 3.8) is 0 Å². The van der Waals surface area contributed by atoms with E-state index in [1.807, 2.05) is 6.92 Å². The van der Waals surface area contributed by atoms with Crippen LogP contribution in [0.15, 0.2) is 12.7 Å². The summed E-state index contributed by atoms with van der Waals surface area (Å²) >= 11 is 0. The van der Waals surface area contributed by atoms with Gasteiger partial charge in [0.05, 0.1) is 5.41 Å². The Bertz CT molecular complexity index is 272. The van der Waals surface area contributed by atoms with Crippen molar-refractivity contribution in [2.24, 2.45) is 5.41 Å². The number of rotatable bonds is 3. The molecule has 78 valence electrons.